The number of para-hydroxylation sites is 1. The highest BCUT2D eigenvalue weighted by Crippen LogP contribution is 2.31. The second-order valence-corrected chi connectivity index (χ2v) is 8.80. The molecule has 0 N–H and O–H groups in total. The lowest BCUT2D eigenvalue weighted by atomic mass is 9.81. The number of carbonyl (C=O) groups is 1. The van der Waals surface area contributed by atoms with Gasteiger partial charge in [-0.05, 0) is 49.9 Å². The molecule has 0 aromatic heterocycles. The molecule has 1 amide bonds. The lowest BCUT2D eigenvalue weighted by Crippen LogP contribution is -2.42. The maximum absolute atomic E-state index is 13.4. The van der Waals surface area contributed by atoms with E-state index in [0.717, 1.165) is 56.8 Å². The third-order valence-electron chi connectivity index (χ3n) is 6.73. The van der Waals surface area contributed by atoms with Gasteiger partial charge in [0.15, 0.2) is 0 Å². The van der Waals surface area contributed by atoms with Crippen LogP contribution in [0.4, 0.5) is 0 Å². The minimum atomic E-state index is 0.115. The second-order valence-electron chi connectivity index (χ2n) is 8.80. The molecular weight excluding hydrogens is 396 g/mol. The van der Waals surface area contributed by atoms with E-state index in [1.165, 1.54) is 5.56 Å². The van der Waals surface area contributed by atoms with Gasteiger partial charge in [0, 0.05) is 31.1 Å². The van der Waals surface area contributed by atoms with Crippen LogP contribution >= 0.6 is 0 Å². The summed E-state index contributed by atoms with van der Waals surface area (Å²) in [7, 11) is 1.71. The predicted molar refractivity (Wildman–Crippen MR) is 130 cm³/mol. The minimum absolute atomic E-state index is 0.115. The van der Waals surface area contributed by atoms with Crippen molar-refractivity contribution in [1.82, 2.24) is 9.80 Å². The first-order valence-corrected chi connectivity index (χ1v) is 11.7. The number of methoxy groups -OCH3 is 1. The Labute approximate surface area is 192 Å². The number of ether oxygens (including phenoxy) is 1. The molecule has 1 atom stereocenters. The van der Waals surface area contributed by atoms with Crippen LogP contribution in [-0.4, -0.2) is 49.0 Å². The molecule has 0 bridgehead atoms. The minimum Gasteiger partial charge on any atom is -0.496 e. The highest BCUT2D eigenvalue weighted by atomic mass is 16.5. The van der Waals surface area contributed by atoms with Gasteiger partial charge in [-0.15, -0.1) is 0 Å². The van der Waals surface area contributed by atoms with Gasteiger partial charge in [-0.2, -0.15) is 0 Å². The number of carbonyl (C=O) groups excluding carboxylic acids is 1. The predicted octanol–water partition coefficient (Wildman–Crippen LogP) is 5.03. The molecule has 0 radical (unpaired) electrons. The number of piperidine rings is 1. The quantitative estimate of drug-likeness (QED) is 0.578. The monoisotopic (exact) mass is 430 g/mol. The summed E-state index contributed by atoms with van der Waals surface area (Å²) in [5, 5.41) is 0. The summed E-state index contributed by atoms with van der Waals surface area (Å²) >= 11 is 0. The molecule has 2 heterocycles. The molecule has 4 rings (SSSR count). The van der Waals surface area contributed by atoms with Gasteiger partial charge in [0.05, 0.1) is 7.11 Å². The lowest BCUT2D eigenvalue weighted by Gasteiger charge is -2.36. The topological polar surface area (TPSA) is 32.8 Å². The Bertz CT molecular complexity index is 929. The van der Waals surface area contributed by atoms with Crippen LogP contribution < -0.4 is 4.74 Å². The van der Waals surface area contributed by atoms with E-state index in [-0.39, 0.29) is 5.92 Å². The Hall–Kier alpha value is -2.85. The molecule has 168 valence electrons. The largest absolute Gasteiger partial charge is 0.496 e. The summed E-state index contributed by atoms with van der Waals surface area (Å²) < 4.78 is 5.43. The second kappa shape index (κ2) is 11.1. The van der Waals surface area contributed by atoms with Gasteiger partial charge in [0.2, 0.25) is 5.91 Å². The van der Waals surface area contributed by atoms with E-state index in [1.54, 1.807) is 7.11 Å². The Morgan fingerprint density at radius 2 is 1.75 bits per heavy atom. The van der Waals surface area contributed by atoms with E-state index in [2.05, 4.69) is 47.4 Å². The molecule has 2 aliphatic heterocycles. The van der Waals surface area contributed by atoms with Crippen molar-refractivity contribution >= 4 is 12.0 Å². The Morgan fingerprint density at radius 3 is 2.53 bits per heavy atom. The maximum Gasteiger partial charge on any atom is 0.226 e. The molecule has 4 nitrogen and oxygen atoms in total. The zero-order chi connectivity index (χ0) is 22.2. The molecule has 1 fully saturated rings. The number of hydrogen-bond donors (Lipinski definition) is 0. The Kier molecular flexibility index (Phi) is 7.78. The van der Waals surface area contributed by atoms with Crippen LogP contribution in [0.25, 0.3) is 6.08 Å². The van der Waals surface area contributed by atoms with Gasteiger partial charge in [0.25, 0.3) is 0 Å². The SMILES string of the molecule is COc1ccccc1/C=C/CN1CCC(C2CC=CCN(Cc3ccccc3)C2=O)CC1. The van der Waals surface area contributed by atoms with E-state index in [1.807, 2.05) is 41.3 Å². The van der Waals surface area contributed by atoms with Crippen LogP contribution in [0.2, 0.25) is 0 Å². The van der Waals surface area contributed by atoms with Gasteiger partial charge in [-0.25, -0.2) is 0 Å². The number of allylic oxidation sites excluding steroid dienone is 1. The van der Waals surface area contributed by atoms with E-state index in [9.17, 15) is 4.79 Å². The van der Waals surface area contributed by atoms with Crippen molar-refractivity contribution in [2.24, 2.45) is 11.8 Å². The average Bonchev–Trinajstić information content (AvgIpc) is 3.02. The summed E-state index contributed by atoms with van der Waals surface area (Å²) in [6, 6.07) is 18.4. The van der Waals surface area contributed by atoms with Crippen LogP contribution in [0.3, 0.4) is 0 Å². The number of amides is 1. The molecular formula is C28H34N2O2. The molecule has 0 saturated carbocycles. The number of nitrogens with zero attached hydrogens (tertiary/aromatic N) is 2. The van der Waals surface area contributed by atoms with Crippen molar-refractivity contribution in [1.29, 1.82) is 0 Å². The smallest absolute Gasteiger partial charge is 0.226 e. The zero-order valence-corrected chi connectivity index (χ0v) is 19.0. The first-order valence-electron chi connectivity index (χ1n) is 11.7. The molecule has 1 unspecified atom stereocenters. The van der Waals surface area contributed by atoms with Gasteiger partial charge in [-0.3, -0.25) is 9.69 Å². The van der Waals surface area contributed by atoms with Crippen molar-refractivity contribution < 1.29 is 9.53 Å². The van der Waals surface area contributed by atoms with E-state index < -0.39 is 0 Å². The molecule has 4 heteroatoms. The average molecular weight is 431 g/mol. The number of likely N-dealkylation sites (tertiary alicyclic amines) is 1. The Balaban J connectivity index is 1.30. The Morgan fingerprint density at radius 1 is 1.00 bits per heavy atom. The van der Waals surface area contributed by atoms with Gasteiger partial charge in [-0.1, -0.05) is 72.8 Å². The fourth-order valence-electron chi connectivity index (χ4n) is 4.88. The third-order valence-corrected chi connectivity index (χ3v) is 6.73. The normalized spacial score (nSPS) is 20.6. The van der Waals surface area contributed by atoms with Crippen LogP contribution in [-0.2, 0) is 11.3 Å². The molecule has 2 aromatic carbocycles. The van der Waals surface area contributed by atoms with E-state index in [4.69, 9.17) is 4.74 Å². The molecule has 32 heavy (non-hydrogen) atoms. The summed E-state index contributed by atoms with van der Waals surface area (Å²) in [6.45, 7) is 4.45. The van der Waals surface area contributed by atoms with Gasteiger partial charge >= 0.3 is 0 Å². The number of benzene rings is 2. The van der Waals surface area contributed by atoms with Crippen molar-refractivity contribution in [3.63, 3.8) is 0 Å². The molecule has 2 aromatic rings. The molecule has 0 spiro atoms. The third kappa shape index (κ3) is 5.68. The molecule has 1 saturated heterocycles. The first kappa shape index (κ1) is 22.3. The summed E-state index contributed by atoms with van der Waals surface area (Å²) in [5.41, 5.74) is 2.31. The van der Waals surface area contributed by atoms with Crippen LogP contribution in [0.15, 0.2) is 72.8 Å². The van der Waals surface area contributed by atoms with Crippen LogP contribution in [0.5, 0.6) is 5.75 Å². The lowest BCUT2D eigenvalue weighted by molar-refractivity contribution is -0.137. The van der Waals surface area contributed by atoms with E-state index >= 15 is 0 Å². The summed E-state index contributed by atoms with van der Waals surface area (Å²) in [6.07, 6.45) is 11.8. The van der Waals surface area contributed by atoms with Crippen molar-refractivity contribution in [2.45, 2.75) is 25.8 Å². The van der Waals surface area contributed by atoms with Crippen LogP contribution in [0, 0.1) is 11.8 Å². The highest BCUT2D eigenvalue weighted by molar-refractivity contribution is 5.80. The zero-order valence-electron chi connectivity index (χ0n) is 19.0. The highest BCUT2D eigenvalue weighted by Gasteiger charge is 2.33. The van der Waals surface area contributed by atoms with Crippen molar-refractivity contribution in [3.8, 4) is 5.75 Å². The van der Waals surface area contributed by atoms with Gasteiger partial charge < -0.3 is 9.64 Å². The maximum atomic E-state index is 13.4. The summed E-state index contributed by atoms with van der Waals surface area (Å²) in [4.78, 5) is 17.9. The summed E-state index contributed by atoms with van der Waals surface area (Å²) in [5.74, 6) is 1.82. The fourth-order valence-corrected chi connectivity index (χ4v) is 4.88. The number of rotatable bonds is 7. The van der Waals surface area contributed by atoms with E-state index in [0.29, 0.717) is 18.4 Å². The fraction of sp³-hybridized carbons (Fsp3) is 0.393. The van der Waals surface area contributed by atoms with Crippen molar-refractivity contribution in [2.75, 3.05) is 33.3 Å². The van der Waals surface area contributed by atoms with Gasteiger partial charge in [0.1, 0.15) is 5.75 Å². The number of hydrogen-bond acceptors (Lipinski definition) is 3. The van der Waals surface area contributed by atoms with Crippen LogP contribution in [0.1, 0.15) is 30.4 Å². The first-order chi connectivity index (χ1) is 15.7. The molecule has 2 aliphatic rings. The van der Waals surface area contributed by atoms with Crippen molar-refractivity contribution in [3.05, 3.63) is 84.0 Å². The molecule has 0 aliphatic carbocycles. The standard InChI is InChI=1S/C28H34N2O2/c1-32-27-15-6-5-12-25(27)13-9-18-29-20-16-24(17-21-29)26-14-7-8-19-30(28(26)31)22-23-10-3-2-4-11-23/h2-13,15,24,26H,14,16-22H2,1H3/b13-9+.